The summed E-state index contributed by atoms with van der Waals surface area (Å²) in [5, 5.41) is 0. The first kappa shape index (κ1) is 8.43. The molecule has 0 aromatic rings. The molecule has 0 aromatic carbocycles. The van der Waals surface area contributed by atoms with Crippen molar-refractivity contribution in [2.75, 3.05) is 0 Å². The van der Waals surface area contributed by atoms with E-state index in [1.165, 1.54) is 23.3 Å². The number of fused-ring (bicyclic) bond motifs is 1. The van der Waals surface area contributed by atoms with Crippen LogP contribution in [0.4, 0.5) is 0 Å². The fraction of sp³-hybridized carbons (Fsp3) is 0.727. The zero-order chi connectivity index (χ0) is 8.93. The van der Waals surface area contributed by atoms with E-state index in [0.29, 0.717) is 11.3 Å². The molecule has 0 amide bonds. The van der Waals surface area contributed by atoms with Gasteiger partial charge in [0.2, 0.25) is 0 Å². The number of thiocarbonyl (C=S) groups is 1. The minimum atomic E-state index is 0.480. The lowest BCUT2D eigenvalue weighted by Crippen LogP contribution is -2.17. The molecule has 2 saturated carbocycles. The van der Waals surface area contributed by atoms with Gasteiger partial charge in [-0.2, -0.15) is 0 Å². The molecule has 0 saturated heterocycles. The van der Waals surface area contributed by atoms with E-state index in [4.69, 9.17) is 12.2 Å². The number of rotatable bonds is 0. The normalized spacial score (nSPS) is 46.8. The van der Waals surface area contributed by atoms with Crippen molar-refractivity contribution in [2.45, 2.75) is 33.1 Å². The van der Waals surface area contributed by atoms with Crippen LogP contribution in [-0.2, 0) is 0 Å². The Hall–Kier alpha value is -0.170. The van der Waals surface area contributed by atoms with Crippen molar-refractivity contribution >= 4 is 17.1 Å². The van der Waals surface area contributed by atoms with Crippen LogP contribution < -0.4 is 0 Å². The number of allylic oxidation sites excluding steroid dienone is 1. The van der Waals surface area contributed by atoms with Gasteiger partial charge in [-0.3, -0.25) is 0 Å². The molecule has 3 atom stereocenters. The fourth-order valence-corrected chi connectivity index (χ4v) is 3.59. The monoisotopic (exact) mass is 180 g/mol. The molecular formula is C11H16S. The van der Waals surface area contributed by atoms with E-state index >= 15 is 0 Å². The lowest BCUT2D eigenvalue weighted by molar-refractivity contribution is 0.248. The molecule has 0 bridgehead atoms. The highest BCUT2D eigenvalue weighted by Gasteiger charge is 2.49. The van der Waals surface area contributed by atoms with Gasteiger partial charge < -0.3 is 0 Å². The molecule has 0 N–H and O–H groups in total. The smallest absolute Gasteiger partial charge is 0.00627 e. The minimum absolute atomic E-state index is 0.480. The Morgan fingerprint density at radius 2 is 2.17 bits per heavy atom. The van der Waals surface area contributed by atoms with E-state index in [-0.39, 0.29) is 0 Å². The first-order chi connectivity index (χ1) is 5.53. The summed E-state index contributed by atoms with van der Waals surface area (Å²) in [5.74, 6) is 1.51. The summed E-state index contributed by atoms with van der Waals surface area (Å²) in [6, 6.07) is 0. The van der Waals surface area contributed by atoms with Crippen molar-refractivity contribution < 1.29 is 0 Å². The molecule has 2 aliphatic rings. The van der Waals surface area contributed by atoms with Crippen LogP contribution in [0.3, 0.4) is 0 Å². The second-order valence-electron chi connectivity index (χ2n) is 4.80. The lowest BCUT2D eigenvalue weighted by atomic mass is 9.80. The third kappa shape index (κ3) is 0.990. The van der Waals surface area contributed by atoms with Gasteiger partial charge in [-0.25, -0.2) is 0 Å². The zero-order valence-electron chi connectivity index (χ0n) is 7.89. The average Bonchev–Trinajstić information content (AvgIpc) is 2.31. The molecule has 66 valence electrons. The summed E-state index contributed by atoms with van der Waals surface area (Å²) in [7, 11) is 0. The minimum Gasteiger partial charge on any atom is -0.0996 e. The van der Waals surface area contributed by atoms with E-state index in [9.17, 15) is 0 Å². The summed E-state index contributed by atoms with van der Waals surface area (Å²) in [6.45, 7) is 8.84. The molecule has 2 fully saturated rings. The third-order valence-electron chi connectivity index (χ3n) is 3.82. The quantitative estimate of drug-likeness (QED) is 0.407. The van der Waals surface area contributed by atoms with E-state index < -0.39 is 0 Å². The molecule has 0 aromatic heterocycles. The molecule has 1 unspecified atom stereocenters. The van der Waals surface area contributed by atoms with Gasteiger partial charge in [0, 0.05) is 0 Å². The summed E-state index contributed by atoms with van der Waals surface area (Å²) >= 11 is 5.31. The highest BCUT2D eigenvalue weighted by Crippen LogP contribution is 2.57. The van der Waals surface area contributed by atoms with Crippen LogP contribution >= 0.6 is 12.2 Å². The van der Waals surface area contributed by atoms with Crippen LogP contribution in [-0.4, -0.2) is 4.86 Å². The van der Waals surface area contributed by atoms with Gasteiger partial charge >= 0.3 is 0 Å². The van der Waals surface area contributed by atoms with Crippen LogP contribution in [0.15, 0.2) is 12.2 Å². The molecule has 0 radical (unpaired) electrons. The fourth-order valence-electron chi connectivity index (χ4n) is 3.08. The van der Waals surface area contributed by atoms with Crippen molar-refractivity contribution in [1.29, 1.82) is 0 Å². The highest BCUT2D eigenvalue weighted by atomic mass is 32.1. The first-order valence-electron chi connectivity index (χ1n) is 4.72. The van der Waals surface area contributed by atoms with Crippen LogP contribution in [0.2, 0.25) is 0 Å². The molecular weight excluding hydrogens is 164 g/mol. The lowest BCUT2D eigenvalue weighted by Gasteiger charge is -2.23. The second-order valence-corrected chi connectivity index (χ2v) is 5.38. The van der Waals surface area contributed by atoms with Crippen LogP contribution in [0.5, 0.6) is 0 Å². The van der Waals surface area contributed by atoms with Crippen molar-refractivity contribution in [1.82, 2.24) is 0 Å². The largest absolute Gasteiger partial charge is 0.0996 e. The summed E-state index contributed by atoms with van der Waals surface area (Å²) < 4.78 is 0. The van der Waals surface area contributed by atoms with E-state index in [0.717, 1.165) is 12.3 Å². The molecule has 12 heavy (non-hydrogen) atoms. The Bertz CT molecular complexity index is 254. The number of hydrogen-bond donors (Lipinski definition) is 0. The standard InChI is InChI=1S/C11H16S/c1-7-5-11(3)6-9(12)4-10(11)8(7)2/h8,10H,1,4-6H2,2-3H3/t8?,10-,11-/m0/s1. The predicted molar refractivity (Wildman–Crippen MR) is 56.4 cm³/mol. The summed E-state index contributed by atoms with van der Waals surface area (Å²) in [4.78, 5) is 1.29. The van der Waals surface area contributed by atoms with Gasteiger partial charge in [-0.1, -0.05) is 38.2 Å². The van der Waals surface area contributed by atoms with Crippen molar-refractivity contribution in [3.63, 3.8) is 0 Å². The van der Waals surface area contributed by atoms with E-state index in [1.54, 1.807) is 0 Å². The van der Waals surface area contributed by atoms with Gasteiger partial charge in [-0.15, -0.1) is 0 Å². The molecule has 2 rings (SSSR count). The Morgan fingerprint density at radius 3 is 2.75 bits per heavy atom. The maximum Gasteiger partial charge on any atom is -0.00627 e. The molecule has 0 aliphatic heterocycles. The van der Waals surface area contributed by atoms with Crippen LogP contribution in [0.1, 0.15) is 33.1 Å². The number of hydrogen-bond acceptors (Lipinski definition) is 1. The van der Waals surface area contributed by atoms with Gasteiger partial charge in [0.15, 0.2) is 0 Å². The SMILES string of the molecule is C=C1C[C@@]2(C)CC(=S)C[C@H]2C1C. The van der Waals surface area contributed by atoms with Gasteiger partial charge in [0.1, 0.15) is 0 Å². The van der Waals surface area contributed by atoms with E-state index in [1.807, 2.05) is 0 Å². The van der Waals surface area contributed by atoms with E-state index in [2.05, 4.69) is 20.4 Å². The first-order valence-corrected chi connectivity index (χ1v) is 5.13. The van der Waals surface area contributed by atoms with Crippen molar-refractivity contribution in [2.24, 2.45) is 17.3 Å². The summed E-state index contributed by atoms with van der Waals surface area (Å²) in [5.41, 5.74) is 1.93. The van der Waals surface area contributed by atoms with Crippen molar-refractivity contribution in [3.05, 3.63) is 12.2 Å². The highest BCUT2D eigenvalue weighted by molar-refractivity contribution is 7.80. The maximum absolute atomic E-state index is 5.31. The topological polar surface area (TPSA) is 0 Å². The Morgan fingerprint density at radius 1 is 1.50 bits per heavy atom. The molecule has 0 spiro atoms. The maximum atomic E-state index is 5.31. The third-order valence-corrected chi connectivity index (χ3v) is 4.13. The Kier molecular flexibility index (Phi) is 1.69. The Labute approximate surface area is 80.0 Å². The predicted octanol–water partition coefficient (Wildman–Crippen LogP) is 3.37. The van der Waals surface area contributed by atoms with Gasteiger partial charge in [0.05, 0.1) is 0 Å². The van der Waals surface area contributed by atoms with Crippen LogP contribution in [0.25, 0.3) is 0 Å². The zero-order valence-corrected chi connectivity index (χ0v) is 8.71. The molecule has 2 aliphatic carbocycles. The Balaban J connectivity index is 2.31. The summed E-state index contributed by atoms with van der Waals surface area (Å²) in [6.07, 6.45) is 3.54. The second kappa shape index (κ2) is 2.41. The van der Waals surface area contributed by atoms with Gasteiger partial charge in [-0.05, 0) is 41.4 Å². The van der Waals surface area contributed by atoms with Crippen molar-refractivity contribution in [3.8, 4) is 0 Å². The van der Waals surface area contributed by atoms with Crippen LogP contribution in [0, 0.1) is 17.3 Å². The molecule has 0 nitrogen and oxygen atoms in total. The average molecular weight is 180 g/mol. The molecule has 0 heterocycles. The van der Waals surface area contributed by atoms with Gasteiger partial charge in [0.25, 0.3) is 0 Å². The molecule has 1 heteroatoms.